The number of ether oxygens (including phenoxy) is 2. The largest absolute Gasteiger partial charge is 0.473 e. The SMILES string of the molecule is C[C@H](Oc1cc(Cl)nc(-c2noc3c2CCC[C@@]32CCCCC2=O)n1)[C@@H]1CC(C2CNC(=O)O2)CN1C. The van der Waals surface area contributed by atoms with Crippen LogP contribution in [0.15, 0.2) is 10.6 Å². The van der Waals surface area contributed by atoms with E-state index in [-0.39, 0.29) is 41.2 Å². The normalized spacial score (nSPS) is 30.7. The minimum absolute atomic E-state index is 0.120. The van der Waals surface area contributed by atoms with Crippen molar-refractivity contribution in [2.75, 3.05) is 20.1 Å². The smallest absolute Gasteiger partial charge is 0.407 e. The number of likely N-dealkylation sites (N-methyl/N-ethyl adjacent to an activating group) is 1. The van der Waals surface area contributed by atoms with Gasteiger partial charge in [-0.1, -0.05) is 23.2 Å². The Balaban J connectivity index is 1.22. The molecule has 1 N–H and O–H groups in total. The number of nitrogens with zero attached hydrogens (tertiary/aromatic N) is 4. The number of hydrogen-bond acceptors (Lipinski definition) is 9. The third-order valence-electron chi connectivity index (χ3n) is 8.64. The average Bonchev–Trinajstić information content (AvgIpc) is 3.59. The first-order valence-corrected chi connectivity index (χ1v) is 13.6. The number of nitrogens with one attached hydrogen (secondary N) is 1. The van der Waals surface area contributed by atoms with E-state index in [0.717, 1.165) is 57.1 Å². The summed E-state index contributed by atoms with van der Waals surface area (Å²) >= 11 is 6.40. The molecule has 0 aromatic carbocycles. The van der Waals surface area contributed by atoms with E-state index in [1.165, 1.54) is 0 Å². The van der Waals surface area contributed by atoms with Crippen LogP contribution in [0.1, 0.15) is 63.2 Å². The van der Waals surface area contributed by atoms with Crippen LogP contribution in [0.4, 0.5) is 4.79 Å². The number of cyclic esters (lactones) is 1. The predicted octanol–water partition coefficient (Wildman–Crippen LogP) is 3.70. The zero-order valence-corrected chi connectivity index (χ0v) is 21.9. The molecule has 0 bridgehead atoms. The van der Waals surface area contributed by atoms with E-state index in [0.29, 0.717) is 36.1 Å². The van der Waals surface area contributed by atoms with Crippen LogP contribution in [0, 0.1) is 5.92 Å². The molecule has 2 saturated heterocycles. The van der Waals surface area contributed by atoms with Crippen molar-refractivity contribution in [1.82, 2.24) is 25.3 Å². The molecule has 2 unspecified atom stereocenters. The maximum Gasteiger partial charge on any atom is 0.407 e. The van der Waals surface area contributed by atoms with Gasteiger partial charge in [0.05, 0.1) is 12.0 Å². The maximum absolute atomic E-state index is 13.0. The van der Waals surface area contributed by atoms with Gasteiger partial charge < -0.3 is 19.3 Å². The zero-order valence-electron chi connectivity index (χ0n) is 21.2. The molecule has 6 rings (SSSR count). The van der Waals surface area contributed by atoms with Crippen molar-refractivity contribution in [1.29, 1.82) is 0 Å². The van der Waals surface area contributed by atoms with Crippen molar-refractivity contribution >= 4 is 23.5 Å². The summed E-state index contributed by atoms with van der Waals surface area (Å²) in [5, 5.41) is 7.33. The number of likely N-dealkylation sites (tertiary alicyclic amines) is 1. The summed E-state index contributed by atoms with van der Waals surface area (Å²) in [7, 11) is 2.05. The van der Waals surface area contributed by atoms with Crippen LogP contribution >= 0.6 is 11.6 Å². The minimum atomic E-state index is -0.559. The Morgan fingerprint density at radius 3 is 2.84 bits per heavy atom. The first kappa shape index (κ1) is 24.6. The monoisotopic (exact) mass is 529 g/mol. The molecule has 2 aromatic heterocycles. The van der Waals surface area contributed by atoms with E-state index in [2.05, 4.69) is 32.4 Å². The van der Waals surface area contributed by atoms with Gasteiger partial charge in [-0.2, -0.15) is 4.98 Å². The second-order valence-corrected chi connectivity index (χ2v) is 11.3. The summed E-state index contributed by atoms with van der Waals surface area (Å²) in [5.74, 6) is 1.90. The highest BCUT2D eigenvalue weighted by Gasteiger charge is 2.48. The lowest BCUT2D eigenvalue weighted by Crippen LogP contribution is -2.41. The van der Waals surface area contributed by atoms with E-state index in [4.69, 9.17) is 25.6 Å². The highest BCUT2D eigenvalue weighted by Crippen LogP contribution is 2.47. The first-order valence-electron chi connectivity index (χ1n) is 13.2. The van der Waals surface area contributed by atoms with Gasteiger partial charge in [0.1, 0.15) is 23.1 Å². The molecule has 5 atom stereocenters. The van der Waals surface area contributed by atoms with Gasteiger partial charge >= 0.3 is 6.09 Å². The van der Waals surface area contributed by atoms with Crippen molar-refractivity contribution < 1.29 is 23.6 Å². The lowest BCUT2D eigenvalue weighted by Gasteiger charge is -2.36. The van der Waals surface area contributed by atoms with Gasteiger partial charge in [-0.25, -0.2) is 9.78 Å². The standard InChI is InChI=1S/C26H32ClN5O5/c1-14(17-10-15(13-32(17)2)18-12-28-25(34)36-18)35-21-11-20(27)29-24(30-21)22-16-6-5-9-26(23(16)37-31-22)8-4-3-7-19(26)33/h11,14-15,17-18H,3-10,12-13H2,1-2H3,(H,28,34)/t14-,15?,17-,18?,26+/m0/s1. The second kappa shape index (κ2) is 9.54. The highest BCUT2D eigenvalue weighted by molar-refractivity contribution is 6.29. The van der Waals surface area contributed by atoms with Crippen molar-refractivity contribution in [2.45, 2.75) is 82.0 Å². The molecule has 4 aliphatic rings. The van der Waals surface area contributed by atoms with Crippen LogP contribution in [0.2, 0.25) is 5.15 Å². The molecule has 11 heteroatoms. The number of amides is 1. The van der Waals surface area contributed by atoms with Gasteiger partial charge in [-0.05, 0) is 52.5 Å². The Morgan fingerprint density at radius 1 is 1.22 bits per heavy atom. The molecule has 1 spiro atoms. The molecule has 4 heterocycles. The number of aromatic nitrogens is 3. The van der Waals surface area contributed by atoms with Crippen LogP contribution in [-0.4, -0.2) is 70.3 Å². The van der Waals surface area contributed by atoms with Crippen molar-refractivity contribution in [3.05, 3.63) is 22.5 Å². The molecule has 2 aromatic rings. The number of fused-ring (bicyclic) bond motifs is 2. The minimum Gasteiger partial charge on any atom is -0.473 e. The molecular formula is C26H32ClN5O5. The fraction of sp³-hybridized carbons (Fsp3) is 0.654. The van der Waals surface area contributed by atoms with Crippen molar-refractivity contribution in [2.24, 2.45) is 5.92 Å². The fourth-order valence-electron chi connectivity index (χ4n) is 6.76. The Bertz CT molecular complexity index is 1220. The number of alkyl carbamates (subject to hydrolysis) is 1. The van der Waals surface area contributed by atoms with Gasteiger partial charge in [0.2, 0.25) is 5.88 Å². The summed E-state index contributed by atoms with van der Waals surface area (Å²) in [6, 6.07) is 1.73. The Kier molecular flexibility index (Phi) is 6.35. The number of Topliss-reactive ketones (excluding diaryl/α,β-unsaturated/α-hetero) is 1. The summed E-state index contributed by atoms with van der Waals surface area (Å²) in [4.78, 5) is 35.8. The van der Waals surface area contributed by atoms with Crippen LogP contribution in [-0.2, 0) is 21.4 Å². The van der Waals surface area contributed by atoms with Crippen molar-refractivity contribution in [3.63, 3.8) is 0 Å². The van der Waals surface area contributed by atoms with Crippen molar-refractivity contribution in [3.8, 4) is 17.4 Å². The van der Waals surface area contributed by atoms with E-state index >= 15 is 0 Å². The fourth-order valence-corrected chi connectivity index (χ4v) is 6.93. The number of carbonyl (C=O) groups excluding carboxylic acids is 2. The molecule has 37 heavy (non-hydrogen) atoms. The summed E-state index contributed by atoms with van der Waals surface area (Å²) in [6.07, 6.45) is 6.01. The summed E-state index contributed by atoms with van der Waals surface area (Å²) < 4.78 is 17.5. The molecule has 10 nitrogen and oxygen atoms in total. The zero-order chi connectivity index (χ0) is 25.7. The molecule has 2 aliphatic heterocycles. The first-order chi connectivity index (χ1) is 17.8. The molecule has 1 saturated carbocycles. The van der Waals surface area contributed by atoms with E-state index in [1.54, 1.807) is 6.07 Å². The highest BCUT2D eigenvalue weighted by atomic mass is 35.5. The Morgan fingerprint density at radius 2 is 2.05 bits per heavy atom. The van der Waals surface area contributed by atoms with Gasteiger partial charge in [-0.15, -0.1) is 0 Å². The van der Waals surface area contributed by atoms with Gasteiger partial charge in [-0.3, -0.25) is 9.69 Å². The number of carbonyl (C=O) groups is 2. The van der Waals surface area contributed by atoms with Gasteiger partial charge in [0, 0.05) is 36.6 Å². The topological polar surface area (TPSA) is 120 Å². The molecule has 0 radical (unpaired) electrons. The number of rotatable bonds is 5. The molecule has 2 aliphatic carbocycles. The quantitative estimate of drug-likeness (QED) is 0.578. The Labute approximate surface area is 220 Å². The van der Waals surface area contributed by atoms with E-state index in [9.17, 15) is 9.59 Å². The predicted molar refractivity (Wildman–Crippen MR) is 134 cm³/mol. The molecular weight excluding hydrogens is 498 g/mol. The van der Waals surface area contributed by atoms with E-state index < -0.39 is 5.41 Å². The molecule has 1 amide bonds. The van der Waals surface area contributed by atoms with Gasteiger partial charge in [0.15, 0.2) is 17.3 Å². The number of halogens is 1. The van der Waals surface area contributed by atoms with Crippen LogP contribution in [0.25, 0.3) is 11.5 Å². The lowest BCUT2D eigenvalue weighted by atomic mass is 9.64. The lowest BCUT2D eigenvalue weighted by molar-refractivity contribution is -0.128. The van der Waals surface area contributed by atoms with Gasteiger partial charge in [0.25, 0.3) is 0 Å². The second-order valence-electron chi connectivity index (χ2n) is 10.9. The maximum atomic E-state index is 13.0. The third kappa shape index (κ3) is 4.37. The Hall–Kier alpha value is -2.72. The summed E-state index contributed by atoms with van der Waals surface area (Å²) in [5.41, 5.74) is 0.901. The number of hydrogen-bond donors (Lipinski definition) is 1. The van der Waals surface area contributed by atoms with Crippen LogP contribution < -0.4 is 10.1 Å². The average molecular weight is 530 g/mol. The summed E-state index contributed by atoms with van der Waals surface area (Å²) in [6.45, 7) is 3.37. The molecule has 3 fully saturated rings. The van der Waals surface area contributed by atoms with Crippen LogP contribution in [0.5, 0.6) is 5.88 Å². The third-order valence-corrected chi connectivity index (χ3v) is 8.83. The molecule has 198 valence electrons. The van der Waals surface area contributed by atoms with E-state index in [1.807, 2.05) is 6.92 Å². The number of ketones is 1. The van der Waals surface area contributed by atoms with Crippen LogP contribution in [0.3, 0.4) is 0 Å².